The maximum atomic E-state index is 13.6. The molecule has 36 heavy (non-hydrogen) atoms. The average Bonchev–Trinajstić information content (AvgIpc) is 3.26. The Labute approximate surface area is 208 Å². The third kappa shape index (κ3) is 5.35. The molecule has 0 bridgehead atoms. The number of esters is 1. The molecule has 0 radical (unpaired) electrons. The number of benzene rings is 2. The zero-order valence-corrected chi connectivity index (χ0v) is 20.6. The lowest BCUT2D eigenvalue weighted by Crippen LogP contribution is -2.32. The molecule has 0 aliphatic carbocycles. The van der Waals surface area contributed by atoms with Crippen LogP contribution < -0.4 is 10.9 Å². The Hall–Kier alpha value is -4.27. The molecule has 0 saturated carbocycles. The van der Waals surface area contributed by atoms with Crippen molar-refractivity contribution in [3.63, 3.8) is 0 Å². The third-order valence-electron chi connectivity index (χ3n) is 5.88. The molecule has 4 rings (SSSR count). The molecule has 0 fully saturated rings. The molecule has 0 amide bonds. The summed E-state index contributed by atoms with van der Waals surface area (Å²) in [6, 6.07) is 16.3. The van der Waals surface area contributed by atoms with Crippen molar-refractivity contribution in [3.8, 4) is 28.2 Å². The number of carbonyl (C=O) groups is 1. The van der Waals surface area contributed by atoms with Gasteiger partial charge < -0.3 is 10.1 Å². The summed E-state index contributed by atoms with van der Waals surface area (Å²) in [5.41, 5.74) is 3.60. The van der Waals surface area contributed by atoms with Crippen LogP contribution in [0, 0.1) is 18.7 Å². The van der Waals surface area contributed by atoms with Gasteiger partial charge in [-0.3, -0.25) is 14.7 Å². The fourth-order valence-electron chi connectivity index (χ4n) is 3.82. The minimum absolute atomic E-state index is 0.114. The topological polar surface area (TPSA) is 102 Å². The Bertz CT molecular complexity index is 1430. The van der Waals surface area contributed by atoms with Gasteiger partial charge in [-0.05, 0) is 54.8 Å². The third-order valence-corrected chi connectivity index (χ3v) is 5.88. The normalized spacial score (nSPS) is 11.9. The van der Waals surface area contributed by atoms with Gasteiger partial charge in [-0.2, -0.15) is 14.9 Å². The zero-order chi connectivity index (χ0) is 25.8. The summed E-state index contributed by atoms with van der Waals surface area (Å²) in [5, 5.41) is 15.6. The van der Waals surface area contributed by atoms with Crippen LogP contribution in [0.1, 0.15) is 26.3 Å². The van der Waals surface area contributed by atoms with Crippen LogP contribution in [0.2, 0.25) is 0 Å². The number of halogens is 1. The van der Waals surface area contributed by atoms with Gasteiger partial charge in [0.25, 0.3) is 5.56 Å². The molecular formula is C27H28FN5O3. The van der Waals surface area contributed by atoms with Crippen molar-refractivity contribution in [2.24, 2.45) is 5.92 Å². The number of carbonyl (C=O) groups excluding carboxylic acids is 1. The summed E-state index contributed by atoms with van der Waals surface area (Å²) < 4.78 is 20.2. The maximum Gasteiger partial charge on any atom is 0.302 e. The Morgan fingerprint density at radius 2 is 1.83 bits per heavy atom. The van der Waals surface area contributed by atoms with Crippen LogP contribution in [0.25, 0.3) is 28.2 Å². The molecule has 0 unspecified atom stereocenters. The number of ether oxygens (including phenoxy) is 1. The van der Waals surface area contributed by atoms with Gasteiger partial charge in [0.05, 0.1) is 23.0 Å². The number of aryl methyl sites for hydroxylation is 1. The summed E-state index contributed by atoms with van der Waals surface area (Å²) in [6.45, 7) is 7.45. The van der Waals surface area contributed by atoms with Crippen LogP contribution in [0.5, 0.6) is 0 Å². The van der Waals surface area contributed by atoms with Gasteiger partial charge in [0.1, 0.15) is 23.9 Å². The van der Waals surface area contributed by atoms with Crippen molar-refractivity contribution in [1.82, 2.24) is 20.0 Å². The number of rotatable bonds is 8. The van der Waals surface area contributed by atoms with Crippen LogP contribution in [0.15, 0.2) is 65.5 Å². The zero-order valence-electron chi connectivity index (χ0n) is 20.6. The van der Waals surface area contributed by atoms with E-state index in [1.54, 1.807) is 18.2 Å². The highest BCUT2D eigenvalue weighted by Crippen LogP contribution is 2.35. The summed E-state index contributed by atoms with van der Waals surface area (Å²) in [5.74, 6) is -0.0702. The van der Waals surface area contributed by atoms with E-state index in [4.69, 9.17) is 4.74 Å². The van der Waals surface area contributed by atoms with Gasteiger partial charge >= 0.3 is 5.97 Å². The van der Waals surface area contributed by atoms with E-state index in [2.05, 4.69) is 20.6 Å². The fourth-order valence-corrected chi connectivity index (χ4v) is 3.82. The standard InChI is InChI=1S/C27H28FN5O3/c1-16(2)22(15-36-18(4)34)29-27-25(26(30-31-27)19-9-11-20(28)12-10-19)21-13-14-24(35)33(32-21)23-8-6-5-7-17(23)3/h5-14,16,22H,15H2,1-4H3,(H2,29,30,31)/t22-/m0/s1. The molecule has 2 heterocycles. The predicted octanol–water partition coefficient (Wildman–Crippen LogP) is 4.74. The molecule has 2 aromatic carbocycles. The minimum atomic E-state index is -0.369. The first-order valence-electron chi connectivity index (χ1n) is 11.7. The van der Waals surface area contributed by atoms with Gasteiger partial charge in [-0.25, -0.2) is 4.39 Å². The highest BCUT2D eigenvalue weighted by Gasteiger charge is 2.23. The maximum absolute atomic E-state index is 13.6. The van der Waals surface area contributed by atoms with E-state index in [0.29, 0.717) is 34.0 Å². The van der Waals surface area contributed by atoms with E-state index in [1.165, 1.54) is 29.8 Å². The number of para-hydroxylation sites is 1. The lowest BCUT2D eigenvalue weighted by Gasteiger charge is -2.23. The molecule has 0 spiro atoms. The second-order valence-electron chi connectivity index (χ2n) is 8.88. The van der Waals surface area contributed by atoms with Crippen LogP contribution in [-0.2, 0) is 9.53 Å². The van der Waals surface area contributed by atoms with Crippen molar-refractivity contribution in [1.29, 1.82) is 0 Å². The molecular weight excluding hydrogens is 461 g/mol. The number of nitrogens with one attached hydrogen (secondary N) is 2. The first-order chi connectivity index (χ1) is 17.2. The second kappa shape index (κ2) is 10.6. The van der Waals surface area contributed by atoms with Crippen molar-refractivity contribution in [3.05, 3.63) is 82.4 Å². The smallest absolute Gasteiger partial charge is 0.302 e. The molecule has 9 heteroatoms. The monoisotopic (exact) mass is 489 g/mol. The molecule has 2 aromatic heterocycles. The summed E-state index contributed by atoms with van der Waals surface area (Å²) >= 11 is 0. The second-order valence-corrected chi connectivity index (χ2v) is 8.88. The summed E-state index contributed by atoms with van der Waals surface area (Å²) in [6.07, 6.45) is 0. The predicted molar refractivity (Wildman–Crippen MR) is 136 cm³/mol. The molecule has 0 aliphatic heterocycles. The lowest BCUT2D eigenvalue weighted by molar-refractivity contribution is -0.141. The molecule has 1 atom stereocenters. The lowest BCUT2D eigenvalue weighted by atomic mass is 10.0. The Balaban J connectivity index is 1.86. The number of H-pyrrole nitrogens is 1. The number of hydrogen-bond acceptors (Lipinski definition) is 6. The Kier molecular flexibility index (Phi) is 7.28. The van der Waals surface area contributed by atoms with E-state index in [-0.39, 0.29) is 35.9 Å². The number of nitrogens with zero attached hydrogens (tertiary/aromatic N) is 3. The Morgan fingerprint density at radius 1 is 1.11 bits per heavy atom. The number of anilines is 1. The van der Waals surface area contributed by atoms with Crippen LogP contribution >= 0.6 is 0 Å². The van der Waals surface area contributed by atoms with Crippen molar-refractivity contribution >= 4 is 11.8 Å². The van der Waals surface area contributed by atoms with Crippen LogP contribution in [-0.4, -0.2) is 38.6 Å². The number of aromatic nitrogens is 4. The van der Waals surface area contributed by atoms with E-state index in [9.17, 15) is 14.0 Å². The molecule has 0 saturated heterocycles. The van der Waals surface area contributed by atoms with Crippen molar-refractivity contribution in [2.45, 2.75) is 33.7 Å². The number of hydrogen-bond donors (Lipinski definition) is 2. The summed E-state index contributed by atoms with van der Waals surface area (Å²) in [7, 11) is 0. The van der Waals surface area contributed by atoms with Gasteiger partial charge in [-0.1, -0.05) is 32.0 Å². The highest BCUT2D eigenvalue weighted by molar-refractivity contribution is 5.87. The molecule has 0 aliphatic rings. The van der Waals surface area contributed by atoms with Crippen molar-refractivity contribution < 1.29 is 13.9 Å². The largest absolute Gasteiger partial charge is 0.464 e. The van der Waals surface area contributed by atoms with Crippen LogP contribution in [0.4, 0.5) is 10.2 Å². The highest BCUT2D eigenvalue weighted by atomic mass is 19.1. The molecule has 2 N–H and O–H groups in total. The fraction of sp³-hybridized carbons (Fsp3) is 0.259. The summed E-state index contributed by atoms with van der Waals surface area (Å²) in [4.78, 5) is 24.2. The Morgan fingerprint density at radius 3 is 2.50 bits per heavy atom. The SMILES string of the molecule is CC(=O)OC[C@H](Nc1[nH]nc(-c2ccc(F)cc2)c1-c1ccc(=O)n(-c2ccccc2C)n1)C(C)C. The average molecular weight is 490 g/mol. The van der Waals surface area contributed by atoms with E-state index in [1.807, 2.05) is 45.0 Å². The van der Waals surface area contributed by atoms with Gasteiger partial charge in [0.2, 0.25) is 0 Å². The first-order valence-corrected chi connectivity index (χ1v) is 11.7. The molecule has 8 nitrogen and oxygen atoms in total. The number of aromatic amines is 1. The quantitative estimate of drug-likeness (QED) is 0.347. The van der Waals surface area contributed by atoms with Gasteiger partial charge in [0.15, 0.2) is 0 Å². The molecule has 186 valence electrons. The van der Waals surface area contributed by atoms with Crippen molar-refractivity contribution in [2.75, 3.05) is 11.9 Å². The minimum Gasteiger partial charge on any atom is -0.464 e. The van der Waals surface area contributed by atoms with E-state index in [0.717, 1.165) is 5.56 Å². The van der Waals surface area contributed by atoms with Gasteiger partial charge in [-0.15, -0.1) is 0 Å². The van der Waals surface area contributed by atoms with E-state index < -0.39 is 0 Å². The van der Waals surface area contributed by atoms with Gasteiger partial charge in [0, 0.05) is 18.6 Å². The van der Waals surface area contributed by atoms with Crippen LogP contribution in [0.3, 0.4) is 0 Å². The molecule has 4 aromatic rings. The van der Waals surface area contributed by atoms with E-state index >= 15 is 0 Å². The first kappa shape index (κ1) is 24.8.